The molecule has 1 heterocycles. The number of ether oxygens (including phenoxy) is 2. The number of rotatable bonds is 7. The zero-order valence-corrected chi connectivity index (χ0v) is 17.7. The van der Waals surface area contributed by atoms with Crippen LogP contribution >= 0.6 is 0 Å². The van der Waals surface area contributed by atoms with Crippen LogP contribution in [-0.2, 0) is 13.0 Å². The van der Waals surface area contributed by atoms with E-state index in [0.29, 0.717) is 12.3 Å². The van der Waals surface area contributed by atoms with Crippen LogP contribution < -0.4 is 20.1 Å². The maximum absolute atomic E-state index is 12.2. The van der Waals surface area contributed by atoms with E-state index in [1.807, 2.05) is 13.0 Å². The quantitative estimate of drug-likeness (QED) is 0.751. The Balaban J connectivity index is 1.96. The van der Waals surface area contributed by atoms with Gasteiger partial charge in [-0.2, -0.15) is 0 Å². The third-order valence-electron chi connectivity index (χ3n) is 5.42. The fraction of sp³-hybridized carbons (Fsp3) is 0.435. The van der Waals surface area contributed by atoms with Gasteiger partial charge in [-0.25, -0.2) is 4.79 Å². The largest absolute Gasteiger partial charge is 0.493 e. The van der Waals surface area contributed by atoms with Crippen molar-refractivity contribution >= 4 is 6.03 Å². The SMILES string of the molecule is CCNC(=O)N[C@H](C)[C@@H]1c2cc(OC)c(OC)cc2CCN1Cc1ccccc1. The highest BCUT2D eigenvalue weighted by atomic mass is 16.5. The van der Waals surface area contributed by atoms with Gasteiger partial charge in [0.05, 0.1) is 20.3 Å². The van der Waals surface area contributed by atoms with Crippen LogP contribution in [0.4, 0.5) is 4.79 Å². The summed E-state index contributed by atoms with van der Waals surface area (Å²) < 4.78 is 11.1. The van der Waals surface area contributed by atoms with Gasteiger partial charge in [-0.3, -0.25) is 4.90 Å². The smallest absolute Gasteiger partial charge is 0.315 e. The zero-order chi connectivity index (χ0) is 20.8. The molecule has 0 aromatic heterocycles. The minimum atomic E-state index is -0.146. The summed E-state index contributed by atoms with van der Waals surface area (Å²) in [5, 5.41) is 5.94. The maximum atomic E-state index is 12.2. The van der Waals surface area contributed by atoms with Crippen LogP contribution in [0, 0.1) is 0 Å². The summed E-state index contributed by atoms with van der Waals surface area (Å²) in [6, 6.07) is 14.4. The predicted molar refractivity (Wildman–Crippen MR) is 115 cm³/mol. The molecule has 2 amide bonds. The number of nitrogens with zero attached hydrogens (tertiary/aromatic N) is 1. The Bertz CT molecular complexity index is 826. The molecule has 0 saturated heterocycles. The zero-order valence-electron chi connectivity index (χ0n) is 17.7. The molecule has 2 aromatic rings. The Labute approximate surface area is 173 Å². The highest BCUT2D eigenvalue weighted by Gasteiger charge is 2.33. The molecular weight excluding hydrogens is 366 g/mol. The molecule has 6 heteroatoms. The Hall–Kier alpha value is -2.73. The predicted octanol–water partition coefficient (Wildman–Crippen LogP) is 3.51. The minimum absolute atomic E-state index is 0.0290. The van der Waals surface area contributed by atoms with Crippen LogP contribution in [0.25, 0.3) is 0 Å². The van der Waals surface area contributed by atoms with Gasteiger partial charge in [0.25, 0.3) is 0 Å². The highest BCUT2D eigenvalue weighted by Crippen LogP contribution is 2.40. The molecule has 2 aromatic carbocycles. The van der Waals surface area contributed by atoms with Crippen LogP contribution in [-0.4, -0.2) is 44.3 Å². The first kappa shape index (κ1) is 21.0. The molecule has 1 aliphatic rings. The molecule has 0 spiro atoms. The monoisotopic (exact) mass is 397 g/mol. The molecule has 0 radical (unpaired) electrons. The molecule has 3 rings (SSSR count). The minimum Gasteiger partial charge on any atom is -0.493 e. The molecule has 6 nitrogen and oxygen atoms in total. The number of carbonyl (C=O) groups excluding carboxylic acids is 1. The first-order valence-corrected chi connectivity index (χ1v) is 10.1. The molecular formula is C23H31N3O3. The fourth-order valence-corrected chi connectivity index (χ4v) is 4.11. The molecule has 2 atom stereocenters. The van der Waals surface area contributed by atoms with E-state index in [0.717, 1.165) is 25.3 Å². The number of nitrogens with one attached hydrogen (secondary N) is 2. The van der Waals surface area contributed by atoms with Gasteiger partial charge < -0.3 is 20.1 Å². The van der Waals surface area contributed by atoms with E-state index < -0.39 is 0 Å². The standard InChI is InChI=1S/C23H31N3O3/c1-5-24-23(27)25-16(2)22-19-14-21(29-4)20(28-3)13-18(19)11-12-26(22)15-17-9-7-6-8-10-17/h6-10,13-14,16,22H,5,11-12,15H2,1-4H3,(H2,24,25,27)/t16-,22-/m1/s1. The fourth-order valence-electron chi connectivity index (χ4n) is 4.11. The van der Waals surface area contributed by atoms with Crippen molar-refractivity contribution in [2.45, 2.75) is 38.9 Å². The third-order valence-corrected chi connectivity index (χ3v) is 5.42. The van der Waals surface area contributed by atoms with Crippen molar-refractivity contribution in [1.29, 1.82) is 0 Å². The van der Waals surface area contributed by atoms with Gasteiger partial charge in [0.1, 0.15) is 0 Å². The van der Waals surface area contributed by atoms with E-state index in [9.17, 15) is 4.79 Å². The van der Waals surface area contributed by atoms with Gasteiger partial charge in [0.2, 0.25) is 0 Å². The van der Waals surface area contributed by atoms with Crippen LogP contribution in [0.3, 0.4) is 0 Å². The van der Waals surface area contributed by atoms with Gasteiger partial charge >= 0.3 is 6.03 Å². The van der Waals surface area contributed by atoms with E-state index in [1.54, 1.807) is 14.2 Å². The number of carbonyl (C=O) groups is 1. The number of hydrogen-bond donors (Lipinski definition) is 2. The van der Waals surface area contributed by atoms with Gasteiger partial charge in [-0.15, -0.1) is 0 Å². The second-order valence-corrected chi connectivity index (χ2v) is 7.35. The summed E-state index contributed by atoms with van der Waals surface area (Å²) >= 11 is 0. The average molecular weight is 398 g/mol. The average Bonchev–Trinajstić information content (AvgIpc) is 2.73. The molecule has 1 aliphatic heterocycles. The number of methoxy groups -OCH3 is 2. The molecule has 0 unspecified atom stereocenters. The summed E-state index contributed by atoms with van der Waals surface area (Å²) in [6.45, 7) is 6.30. The van der Waals surface area contributed by atoms with Crippen molar-refractivity contribution in [3.63, 3.8) is 0 Å². The number of urea groups is 1. The molecule has 156 valence electrons. The third kappa shape index (κ3) is 4.82. The Morgan fingerprint density at radius 2 is 1.86 bits per heavy atom. The first-order chi connectivity index (χ1) is 14.1. The van der Waals surface area contributed by atoms with Crippen molar-refractivity contribution in [1.82, 2.24) is 15.5 Å². The summed E-state index contributed by atoms with van der Waals surface area (Å²) in [5.41, 5.74) is 3.67. The van der Waals surface area contributed by atoms with E-state index in [-0.39, 0.29) is 18.1 Å². The normalized spacial score (nSPS) is 17.2. The lowest BCUT2D eigenvalue weighted by Gasteiger charge is -2.41. The number of hydrogen-bond acceptors (Lipinski definition) is 4. The van der Waals surface area contributed by atoms with Crippen molar-refractivity contribution in [3.8, 4) is 11.5 Å². The highest BCUT2D eigenvalue weighted by molar-refractivity contribution is 5.74. The number of fused-ring (bicyclic) bond motifs is 1. The van der Waals surface area contributed by atoms with Crippen molar-refractivity contribution in [3.05, 3.63) is 59.2 Å². The van der Waals surface area contributed by atoms with Crippen molar-refractivity contribution in [2.75, 3.05) is 27.3 Å². The molecule has 29 heavy (non-hydrogen) atoms. The van der Waals surface area contributed by atoms with Gasteiger partial charge in [-0.1, -0.05) is 30.3 Å². The summed E-state index contributed by atoms with van der Waals surface area (Å²) in [5.74, 6) is 1.45. The second-order valence-electron chi connectivity index (χ2n) is 7.35. The van der Waals surface area contributed by atoms with Crippen LogP contribution in [0.15, 0.2) is 42.5 Å². The maximum Gasteiger partial charge on any atom is 0.315 e. The van der Waals surface area contributed by atoms with E-state index in [4.69, 9.17) is 9.47 Å². The second kappa shape index (κ2) is 9.65. The lowest BCUT2D eigenvalue weighted by atomic mass is 9.87. The number of amides is 2. The van der Waals surface area contributed by atoms with Gasteiger partial charge in [0.15, 0.2) is 11.5 Å². The van der Waals surface area contributed by atoms with Crippen LogP contribution in [0.5, 0.6) is 11.5 Å². The molecule has 0 aliphatic carbocycles. The lowest BCUT2D eigenvalue weighted by Crippen LogP contribution is -2.49. The van der Waals surface area contributed by atoms with E-state index in [1.165, 1.54) is 16.7 Å². The topological polar surface area (TPSA) is 62.8 Å². The van der Waals surface area contributed by atoms with Crippen molar-refractivity contribution in [2.24, 2.45) is 0 Å². The molecule has 0 saturated carbocycles. The lowest BCUT2D eigenvalue weighted by molar-refractivity contribution is 0.143. The van der Waals surface area contributed by atoms with E-state index >= 15 is 0 Å². The Morgan fingerprint density at radius 1 is 1.17 bits per heavy atom. The molecule has 2 N–H and O–H groups in total. The van der Waals surface area contributed by atoms with Crippen molar-refractivity contribution < 1.29 is 14.3 Å². The van der Waals surface area contributed by atoms with Crippen LogP contribution in [0.1, 0.15) is 36.6 Å². The molecule has 0 fully saturated rings. The van der Waals surface area contributed by atoms with Crippen LogP contribution in [0.2, 0.25) is 0 Å². The molecule has 0 bridgehead atoms. The summed E-state index contributed by atoms with van der Waals surface area (Å²) in [4.78, 5) is 14.6. The first-order valence-electron chi connectivity index (χ1n) is 10.1. The van der Waals surface area contributed by atoms with E-state index in [2.05, 4.69) is 58.9 Å². The Morgan fingerprint density at radius 3 is 2.52 bits per heavy atom. The number of benzene rings is 2. The summed E-state index contributed by atoms with van der Waals surface area (Å²) in [6.07, 6.45) is 0.924. The van der Waals surface area contributed by atoms with Gasteiger partial charge in [-0.05, 0) is 49.1 Å². The van der Waals surface area contributed by atoms with Gasteiger partial charge in [0, 0.05) is 25.7 Å². The Kier molecular flexibility index (Phi) is 6.99. The summed E-state index contributed by atoms with van der Waals surface area (Å²) in [7, 11) is 3.31.